The average molecular weight is 648 g/mol. The fraction of sp³-hybridized carbons (Fsp3) is 0.122. The molecule has 0 saturated heterocycles. The zero-order chi connectivity index (χ0) is 30.1. The normalized spacial score (nSPS) is 11.0. The summed E-state index contributed by atoms with van der Waals surface area (Å²) in [5, 5.41) is 13.4. The Labute approximate surface area is 270 Å². The Bertz CT molecular complexity index is 2200. The van der Waals surface area contributed by atoms with E-state index in [1.165, 1.54) is 81.7 Å². The molecule has 0 bridgehead atoms. The number of rotatable bonds is 1. The Balaban J connectivity index is 0.000000148. The molecule has 0 saturated carbocycles. The van der Waals surface area contributed by atoms with Crippen LogP contribution in [-0.4, -0.2) is 5.43 Å². The molecule has 208 valence electrons. The van der Waals surface area contributed by atoms with Gasteiger partial charge in [-0.15, -0.1) is 68.7 Å². The van der Waals surface area contributed by atoms with E-state index in [4.69, 9.17) is 0 Å². The summed E-state index contributed by atoms with van der Waals surface area (Å²) in [6, 6.07) is 46.4. The minimum absolute atomic E-state index is 0.210. The number of aryl methyl sites for hydroxylation is 3. The molecule has 0 radical (unpaired) electrons. The fourth-order valence-electron chi connectivity index (χ4n) is 6.21. The van der Waals surface area contributed by atoms with E-state index in [2.05, 4.69) is 161 Å². The van der Waals surface area contributed by atoms with Crippen molar-refractivity contribution in [2.24, 2.45) is 0 Å². The van der Waals surface area contributed by atoms with E-state index >= 15 is 0 Å². The van der Waals surface area contributed by atoms with Crippen molar-refractivity contribution in [2.75, 3.05) is 0 Å². The van der Waals surface area contributed by atoms with Gasteiger partial charge in [-0.1, -0.05) is 102 Å². The van der Waals surface area contributed by atoms with Crippen molar-refractivity contribution in [1.29, 1.82) is 0 Å². The molecule has 0 nitrogen and oxygen atoms in total. The first-order valence-corrected chi connectivity index (χ1v) is 21.1. The molecule has 0 heterocycles. The Morgan fingerprint density at radius 1 is 0.535 bits per heavy atom. The van der Waals surface area contributed by atoms with E-state index in [-0.39, 0.29) is 5.43 Å². The monoisotopic (exact) mass is 646 g/mol. The third-order valence-corrected chi connectivity index (χ3v) is 8.08. The van der Waals surface area contributed by atoms with Gasteiger partial charge in [0, 0.05) is 0 Å². The summed E-state index contributed by atoms with van der Waals surface area (Å²) < 4.78 is 0. The van der Waals surface area contributed by atoms with Crippen LogP contribution in [0.15, 0.2) is 127 Å². The Morgan fingerprint density at radius 3 is 1.77 bits per heavy atom. The molecule has 8 aromatic rings. The van der Waals surface area contributed by atoms with Crippen LogP contribution in [0.3, 0.4) is 0 Å². The van der Waals surface area contributed by atoms with Crippen LogP contribution in [0.4, 0.5) is 0 Å². The van der Waals surface area contributed by atoms with Crippen molar-refractivity contribution in [3.8, 4) is 11.1 Å². The molecule has 0 aliphatic heterocycles. The molecule has 0 atom stereocenters. The van der Waals surface area contributed by atoms with Crippen molar-refractivity contribution >= 4 is 59.3 Å². The second kappa shape index (κ2) is 12.6. The topological polar surface area (TPSA) is 0 Å². The summed E-state index contributed by atoms with van der Waals surface area (Å²) >= 11 is 1.74. The first kappa shape index (κ1) is 29.5. The third kappa shape index (κ3) is 6.10. The number of benzene rings is 6. The second-order valence-electron chi connectivity index (χ2n) is 11.8. The third-order valence-electron chi connectivity index (χ3n) is 8.08. The smallest absolute Gasteiger partial charge is 0.00995 e. The molecule has 0 fully saturated rings. The predicted molar refractivity (Wildman–Crippen MR) is 189 cm³/mol. The van der Waals surface area contributed by atoms with Gasteiger partial charge in [-0.25, -0.2) is 0 Å². The minimum Gasteiger partial charge on any atom is -0.156 e. The van der Waals surface area contributed by atoms with Gasteiger partial charge in [0.25, 0.3) is 0 Å². The molecular formula is C41H36SiZr. The maximum Gasteiger partial charge on any atom is -0.00995 e. The molecule has 0 amide bonds. The largest absolute Gasteiger partial charge is 0.156 e. The first-order valence-electron chi connectivity index (χ1n) is 14.9. The predicted octanol–water partition coefficient (Wildman–Crippen LogP) is 12.0. The molecule has 2 heteroatoms. The van der Waals surface area contributed by atoms with Crippen LogP contribution in [0.2, 0.25) is 13.1 Å². The van der Waals surface area contributed by atoms with Crippen molar-refractivity contribution in [2.45, 2.75) is 33.9 Å². The number of hydrogen-bond acceptors (Lipinski definition) is 0. The van der Waals surface area contributed by atoms with Crippen molar-refractivity contribution < 1.29 is 23.3 Å². The second-order valence-corrected chi connectivity index (χ2v) is 21.2. The van der Waals surface area contributed by atoms with Crippen LogP contribution in [0.1, 0.15) is 16.7 Å². The minimum atomic E-state index is 0.210. The molecule has 0 aliphatic carbocycles. The maximum atomic E-state index is 2.35. The summed E-state index contributed by atoms with van der Waals surface area (Å²) in [5.74, 6) is 0. The summed E-state index contributed by atoms with van der Waals surface area (Å²) in [7, 11) is 0. The number of hydrogen-bond donors (Lipinski definition) is 0. The Hall–Kier alpha value is -3.58. The molecule has 8 rings (SSSR count). The number of fused-ring (bicyclic) bond motifs is 7. The summed E-state index contributed by atoms with van der Waals surface area (Å²) in [6.07, 6.45) is 0. The van der Waals surface area contributed by atoms with Gasteiger partial charge in [-0.2, -0.15) is 11.6 Å². The van der Waals surface area contributed by atoms with E-state index in [0.29, 0.717) is 0 Å². The van der Waals surface area contributed by atoms with Crippen LogP contribution in [-0.2, 0) is 23.3 Å². The van der Waals surface area contributed by atoms with Gasteiger partial charge in [0.1, 0.15) is 0 Å². The van der Waals surface area contributed by atoms with E-state index < -0.39 is 0 Å². The van der Waals surface area contributed by atoms with Crippen LogP contribution in [0.25, 0.3) is 65.0 Å². The molecule has 0 aliphatic rings. The van der Waals surface area contributed by atoms with Gasteiger partial charge in [0.2, 0.25) is 0 Å². The SMILES string of the molecule is C[Si](C)=[Zr+2].Cc1c[cH-]c2cccc(-c3cc4ccccc4c4ccccc34)c12.Cc1ccc2c(c1)[cH-]c1cc(C)ccc12. The molecular weight excluding hydrogens is 612 g/mol. The first-order chi connectivity index (χ1) is 20.8. The zero-order valence-corrected chi connectivity index (χ0v) is 29.1. The maximum absolute atomic E-state index is 2.35. The molecule has 0 unspecified atom stereocenters. The van der Waals surface area contributed by atoms with Crippen LogP contribution < -0.4 is 0 Å². The van der Waals surface area contributed by atoms with Gasteiger partial charge < -0.3 is 0 Å². The van der Waals surface area contributed by atoms with Crippen LogP contribution in [0.5, 0.6) is 0 Å². The Morgan fingerprint density at radius 2 is 1.12 bits per heavy atom. The van der Waals surface area contributed by atoms with Gasteiger partial charge >= 0.3 is 41.9 Å². The van der Waals surface area contributed by atoms with Crippen molar-refractivity contribution in [3.05, 3.63) is 144 Å². The fourth-order valence-corrected chi connectivity index (χ4v) is 6.21. The molecule has 0 N–H and O–H groups in total. The van der Waals surface area contributed by atoms with E-state index in [9.17, 15) is 0 Å². The van der Waals surface area contributed by atoms with Gasteiger partial charge in [0.15, 0.2) is 0 Å². The van der Waals surface area contributed by atoms with E-state index in [1.807, 2.05) is 0 Å². The molecule has 0 aromatic heterocycles. The standard InChI is InChI=1S/C24H17.C15H13.C2H6Si.Zr/c1-16-13-14-17-8-6-12-22(24(16)17)23-15-18-7-2-3-9-19(18)20-10-4-5-11-21(20)23;1-10-3-5-14-12(7-10)9-13-8-11(2)4-6-15(13)14;1-3-2;/h2-15H,1H3;3-9H,1-2H3;1-2H3;/q2*-1;;+2. The van der Waals surface area contributed by atoms with E-state index in [0.717, 1.165) is 0 Å². The van der Waals surface area contributed by atoms with Crippen molar-refractivity contribution in [3.63, 3.8) is 0 Å². The van der Waals surface area contributed by atoms with Crippen LogP contribution in [0, 0.1) is 20.8 Å². The van der Waals surface area contributed by atoms with Gasteiger partial charge in [0.05, 0.1) is 0 Å². The zero-order valence-electron chi connectivity index (χ0n) is 25.6. The summed E-state index contributed by atoms with van der Waals surface area (Å²) in [6.45, 7) is 11.1. The average Bonchev–Trinajstić information content (AvgIpc) is 3.56. The summed E-state index contributed by atoms with van der Waals surface area (Å²) in [4.78, 5) is 0. The van der Waals surface area contributed by atoms with Gasteiger partial charge in [-0.3, -0.25) is 0 Å². The van der Waals surface area contributed by atoms with E-state index in [1.54, 1.807) is 23.3 Å². The van der Waals surface area contributed by atoms with Crippen molar-refractivity contribution in [1.82, 2.24) is 0 Å². The van der Waals surface area contributed by atoms with Crippen LogP contribution >= 0.6 is 0 Å². The van der Waals surface area contributed by atoms with Gasteiger partial charge in [-0.05, 0) is 47.0 Å². The quantitative estimate of drug-likeness (QED) is 0.0945. The molecule has 8 aromatic carbocycles. The molecule has 43 heavy (non-hydrogen) atoms. The Kier molecular flexibility index (Phi) is 8.62. The molecule has 0 spiro atoms. The summed E-state index contributed by atoms with van der Waals surface area (Å²) in [5.41, 5.74) is 6.87.